The number of nitrogens with one attached hydrogen (secondary N) is 1. The minimum atomic E-state index is -0.576. The summed E-state index contributed by atoms with van der Waals surface area (Å²) in [4.78, 5) is 28.1. The first-order valence-corrected chi connectivity index (χ1v) is 13.2. The van der Waals surface area contributed by atoms with Gasteiger partial charge in [-0.3, -0.25) is 9.59 Å². The Morgan fingerprint density at radius 3 is 2.53 bits per heavy atom. The van der Waals surface area contributed by atoms with E-state index in [0.29, 0.717) is 23.6 Å². The normalized spacial score (nSPS) is 14.6. The molecule has 0 bridgehead atoms. The van der Waals surface area contributed by atoms with Crippen molar-refractivity contribution in [2.24, 2.45) is 0 Å². The Hall–Kier alpha value is -2.25. The topological polar surface area (TPSA) is 58.6 Å². The number of benzene rings is 2. The van der Waals surface area contributed by atoms with Crippen molar-refractivity contribution >= 4 is 35.2 Å². The number of thioether (sulfide) groups is 1. The van der Waals surface area contributed by atoms with Gasteiger partial charge in [-0.25, -0.2) is 4.39 Å². The lowest BCUT2D eigenvalue weighted by Gasteiger charge is -2.31. The number of carbonyl (C=O) groups excluding carboxylic acids is 2. The van der Waals surface area contributed by atoms with Crippen LogP contribution in [0.3, 0.4) is 0 Å². The van der Waals surface area contributed by atoms with Gasteiger partial charge in [0.1, 0.15) is 17.6 Å². The summed E-state index contributed by atoms with van der Waals surface area (Å²) in [5.41, 5.74) is 1.29. The van der Waals surface area contributed by atoms with E-state index in [9.17, 15) is 14.0 Å². The molecule has 1 unspecified atom stereocenters. The zero-order chi connectivity index (χ0) is 24.5. The van der Waals surface area contributed by atoms with E-state index in [1.807, 2.05) is 31.2 Å². The van der Waals surface area contributed by atoms with Crippen LogP contribution in [0.25, 0.3) is 0 Å². The summed E-state index contributed by atoms with van der Waals surface area (Å²) >= 11 is 7.42. The summed E-state index contributed by atoms with van der Waals surface area (Å²) in [6.07, 6.45) is 4.70. The molecule has 0 heterocycles. The second kappa shape index (κ2) is 13.0. The fourth-order valence-corrected chi connectivity index (χ4v) is 5.46. The summed E-state index contributed by atoms with van der Waals surface area (Å²) in [5.74, 6) is 0.460. The van der Waals surface area contributed by atoms with Crippen molar-refractivity contribution in [3.05, 3.63) is 64.4 Å². The number of methoxy groups -OCH3 is 1. The Kier molecular flexibility index (Phi) is 10.1. The molecule has 8 heteroatoms. The third-order valence-corrected chi connectivity index (χ3v) is 7.43. The molecule has 0 spiro atoms. The Labute approximate surface area is 210 Å². The van der Waals surface area contributed by atoms with Crippen LogP contribution in [0, 0.1) is 5.82 Å². The van der Waals surface area contributed by atoms with Crippen molar-refractivity contribution < 1.29 is 18.7 Å². The number of nitrogens with zero attached hydrogens (tertiary/aromatic N) is 1. The van der Waals surface area contributed by atoms with E-state index in [0.717, 1.165) is 37.0 Å². The first-order chi connectivity index (χ1) is 16.4. The summed E-state index contributed by atoms with van der Waals surface area (Å²) in [6.45, 7) is 2.22. The van der Waals surface area contributed by atoms with Gasteiger partial charge < -0.3 is 15.0 Å². The molecule has 1 aliphatic carbocycles. The predicted octanol–water partition coefficient (Wildman–Crippen LogP) is 5.59. The first-order valence-electron chi connectivity index (χ1n) is 11.7. The number of carbonyl (C=O) groups is 2. The molecule has 0 aromatic heterocycles. The molecule has 0 aliphatic heterocycles. The minimum Gasteiger partial charge on any atom is -0.497 e. The highest BCUT2D eigenvalue weighted by molar-refractivity contribution is 7.99. The van der Waals surface area contributed by atoms with Crippen LogP contribution in [0.5, 0.6) is 5.75 Å². The monoisotopic (exact) mass is 506 g/mol. The zero-order valence-corrected chi connectivity index (χ0v) is 21.3. The lowest BCUT2D eigenvalue weighted by Crippen LogP contribution is -2.51. The summed E-state index contributed by atoms with van der Waals surface area (Å²) < 4.78 is 19.3. The number of rotatable bonds is 11. The largest absolute Gasteiger partial charge is 0.497 e. The Bertz CT molecular complexity index is 947. The molecule has 1 atom stereocenters. The maximum Gasteiger partial charge on any atom is 0.243 e. The van der Waals surface area contributed by atoms with Gasteiger partial charge in [0, 0.05) is 28.9 Å². The van der Waals surface area contributed by atoms with Gasteiger partial charge in [-0.1, -0.05) is 49.6 Å². The van der Waals surface area contributed by atoms with Crippen molar-refractivity contribution in [2.75, 3.05) is 12.9 Å². The van der Waals surface area contributed by atoms with Crippen molar-refractivity contribution in [3.8, 4) is 5.75 Å². The third kappa shape index (κ3) is 7.12. The van der Waals surface area contributed by atoms with Gasteiger partial charge in [-0.15, -0.1) is 11.8 Å². The number of hydrogen-bond acceptors (Lipinski definition) is 4. The third-order valence-electron chi connectivity index (χ3n) is 6.13. The number of amides is 2. The SMILES string of the molecule is CCC(C(=O)NC1CCCC1)N(Cc1ccc(OC)cc1)C(=O)CSCc1c(F)cccc1Cl. The van der Waals surface area contributed by atoms with E-state index in [4.69, 9.17) is 16.3 Å². The number of ether oxygens (including phenoxy) is 1. The number of hydrogen-bond donors (Lipinski definition) is 1. The summed E-state index contributed by atoms with van der Waals surface area (Å²) in [7, 11) is 1.60. The minimum absolute atomic E-state index is 0.113. The van der Waals surface area contributed by atoms with Gasteiger partial charge in [0.2, 0.25) is 11.8 Å². The van der Waals surface area contributed by atoms with Crippen molar-refractivity contribution in [3.63, 3.8) is 0 Å². The maximum absolute atomic E-state index is 14.1. The van der Waals surface area contributed by atoms with Crippen LogP contribution in [0.4, 0.5) is 4.39 Å². The Balaban J connectivity index is 1.72. The summed E-state index contributed by atoms with van der Waals surface area (Å²) in [5, 5.41) is 3.48. The van der Waals surface area contributed by atoms with Gasteiger partial charge in [0.25, 0.3) is 0 Å². The van der Waals surface area contributed by atoms with E-state index in [2.05, 4.69) is 5.32 Å². The van der Waals surface area contributed by atoms with Crippen molar-refractivity contribution in [1.29, 1.82) is 0 Å². The lowest BCUT2D eigenvalue weighted by molar-refractivity contribution is -0.139. The standard InChI is InChI=1S/C26H32ClFN2O3S/c1-3-24(26(32)29-19-7-4-5-8-19)30(15-18-11-13-20(33-2)14-12-18)25(31)17-34-16-21-22(27)9-6-10-23(21)28/h6,9-14,19,24H,3-5,7-8,15-17H2,1-2H3,(H,29,32). The molecule has 2 amide bonds. The molecule has 3 rings (SSSR count). The van der Waals surface area contributed by atoms with Crippen molar-refractivity contribution in [2.45, 2.75) is 63.4 Å². The molecular formula is C26H32ClFN2O3S. The Morgan fingerprint density at radius 1 is 1.21 bits per heavy atom. The van der Waals surface area contributed by atoms with E-state index in [1.165, 1.54) is 17.8 Å². The van der Waals surface area contributed by atoms with Gasteiger partial charge in [-0.2, -0.15) is 0 Å². The van der Waals surface area contributed by atoms with Crippen LogP contribution in [0.15, 0.2) is 42.5 Å². The lowest BCUT2D eigenvalue weighted by atomic mass is 10.1. The van der Waals surface area contributed by atoms with E-state index < -0.39 is 6.04 Å². The highest BCUT2D eigenvalue weighted by Crippen LogP contribution is 2.25. The molecule has 184 valence electrons. The van der Waals surface area contributed by atoms with Crippen LogP contribution in [0.1, 0.15) is 50.2 Å². The molecule has 5 nitrogen and oxygen atoms in total. The number of halogens is 2. The molecule has 1 saturated carbocycles. The first kappa shape index (κ1) is 26.4. The van der Waals surface area contributed by atoms with Crippen LogP contribution >= 0.6 is 23.4 Å². The van der Waals surface area contributed by atoms with Crippen LogP contribution in [-0.4, -0.2) is 41.7 Å². The molecule has 1 aliphatic rings. The Morgan fingerprint density at radius 2 is 1.91 bits per heavy atom. The fourth-order valence-electron chi connectivity index (χ4n) is 4.21. The van der Waals surface area contributed by atoms with Gasteiger partial charge in [0.15, 0.2) is 0 Å². The fraction of sp³-hybridized carbons (Fsp3) is 0.462. The predicted molar refractivity (Wildman–Crippen MR) is 136 cm³/mol. The van der Waals surface area contributed by atoms with Crippen LogP contribution < -0.4 is 10.1 Å². The van der Waals surface area contributed by atoms with Crippen molar-refractivity contribution in [1.82, 2.24) is 10.2 Å². The van der Waals surface area contributed by atoms with Gasteiger partial charge in [-0.05, 0) is 49.1 Å². The van der Waals surface area contributed by atoms with Gasteiger partial charge in [0.05, 0.1) is 12.9 Å². The summed E-state index contributed by atoms with van der Waals surface area (Å²) in [6, 6.07) is 11.6. The highest BCUT2D eigenvalue weighted by atomic mass is 35.5. The molecule has 0 radical (unpaired) electrons. The molecule has 0 saturated heterocycles. The van der Waals surface area contributed by atoms with E-state index >= 15 is 0 Å². The molecule has 34 heavy (non-hydrogen) atoms. The molecular weight excluding hydrogens is 475 g/mol. The zero-order valence-electron chi connectivity index (χ0n) is 19.7. The highest BCUT2D eigenvalue weighted by Gasteiger charge is 2.30. The second-order valence-corrected chi connectivity index (χ2v) is 9.87. The second-order valence-electron chi connectivity index (χ2n) is 8.48. The molecule has 2 aromatic carbocycles. The van der Waals surface area contributed by atoms with Crippen LogP contribution in [-0.2, 0) is 21.9 Å². The van der Waals surface area contributed by atoms with E-state index in [-0.39, 0.29) is 35.2 Å². The van der Waals surface area contributed by atoms with Gasteiger partial charge >= 0.3 is 0 Å². The molecule has 2 aromatic rings. The van der Waals surface area contributed by atoms with E-state index in [1.54, 1.807) is 24.1 Å². The average Bonchev–Trinajstić information content (AvgIpc) is 3.34. The quantitative estimate of drug-likeness (QED) is 0.432. The molecule has 1 N–H and O–H groups in total. The van der Waals surface area contributed by atoms with Crippen LogP contribution in [0.2, 0.25) is 5.02 Å². The average molecular weight is 507 g/mol. The molecule has 1 fully saturated rings. The maximum atomic E-state index is 14.1. The smallest absolute Gasteiger partial charge is 0.243 e.